The first kappa shape index (κ1) is 50.6. The average Bonchev–Trinajstić information content (AvgIpc) is 3.62. The number of aliphatic hydroxyl groups excluding tert-OH is 1. The Morgan fingerprint density at radius 3 is 2.35 bits per heavy atom. The first-order chi connectivity index (χ1) is 31.0. The van der Waals surface area contributed by atoms with Gasteiger partial charge in [-0.15, -0.1) is 0 Å². The van der Waals surface area contributed by atoms with E-state index < -0.39 is 66.4 Å². The molecule has 65 heavy (non-hydrogen) atoms. The van der Waals surface area contributed by atoms with Gasteiger partial charge in [-0.05, 0) is 75.8 Å². The zero-order chi connectivity index (χ0) is 46.8. The first-order valence-electron chi connectivity index (χ1n) is 24.5. The summed E-state index contributed by atoms with van der Waals surface area (Å²) in [5.41, 5.74) is 0.183. The molecule has 20 atom stereocenters. The standard InChI is InChI=1S/C51H79NO13/c1-12-21-52-43-33(8)59-41(24-39(43)56-10)63-47-34(9)60-42(25-40(47)57-11)62-45-29(4)15-14-16-35-27-58-48-44(53)32(7)22-38(51(35,48)55)49(54)61-37-23-36(18-17-30(45)5)64-50(26-37)20-19-31(6)46(65-50)28(3)13-2/h14-17,19-20,22,28-29,31,33-34,36-48,52-53,55H,12-13,18,21,23-27H2,1-11H3/b15-14+,30-17+,35-16+/t28-,29-,31-,33+,34-,36+,37-,38-,39+,40-,41+,42-,43-,44+,45-,46+,47-,48+,50+,51+/m0/s1. The second-order valence-electron chi connectivity index (χ2n) is 19.9. The second-order valence-corrected chi connectivity index (χ2v) is 19.9. The summed E-state index contributed by atoms with van der Waals surface area (Å²) >= 11 is 0. The van der Waals surface area contributed by atoms with Crippen LogP contribution in [0.25, 0.3) is 0 Å². The number of hydrogen-bond acceptors (Lipinski definition) is 14. The van der Waals surface area contributed by atoms with Crippen molar-refractivity contribution >= 4 is 5.97 Å². The Kier molecular flexibility index (Phi) is 16.8. The van der Waals surface area contributed by atoms with Crippen LogP contribution in [0.5, 0.6) is 0 Å². The van der Waals surface area contributed by atoms with Crippen molar-refractivity contribution in [2.45, 2.75) is 204 Å². The summed E-state index contributed by atoms with van der Waals surface area (Å²) in [6.07, 6.45) is 11.8. The summed E-state index contributed by atoms with van der Waals surface area (Å²) in [5.74, 6) is -2.51. The van der Waals surface area contributed by atoms with Crippen LogP contribution in [0.4, 0.5) is 0 Å². The number of allylic oxidation sites excluding steroid dienone is 2. The molecule has 14 nitrogen and oxygen atoms in total. The third kappa shape index (κ3) is 10.8. The minimum Gasteiger partial charge on any atom is -0.462 e. The third-order valence-corrected chi connectivity index (χ3v) is 15.2. The molecule has 3 N–H and O–H groups in total. The van der Waals surface area contributed by atoms with Crippen molar-refractivity contribution in [2.24, 2.45) is 23.7 Å². The Balaban J connectivity index is 1.16. The lowest BCUT2D eigenvalue weighted by molar-refractivity contribution is -0.312. The van der Waals surface area contributed by atoms with Crippen molar-refractivity contribution in [3.05, 3.63) is 59.3 Å². The molecule has 0 aromatic rings. The Labute approximate surface area is 387 Å². The number of fused-ring (bicyclic) bond motifs is 2. The van der Waals surface area contributed by atoms with Gasteiger partial charge >= 0.3 is 5.97 Å². The van der Waals surface area contributed by atoms with Crippen molar-refractivity contribution in [2.75, 3.05) is 27.4 Å². The molecular weight excluding hydrogens is 835 g/mol. The van der Waals surface area contributed by atoms with Crippen LogP contribution >= 0.6 is 0 Å². The van der Waals surface area contributed by atoms with Crippen LogP contribution in [0.3, 0.4) is 0 Å². The highest BCUT2D eigenvalue weighted by Gasteiger charge is 2.60. The largest absolute Gasteiger partial charge is 0.462 e. The molecule has 4 fully saturated rings. The van der Waals surface area contributed by atoms with Crippen LogP contribution in [0, 0.1) is 23.7 Å². The lowest BCUT2D eigenvalue weighted by atomic mass is 9.71. The maximum absolute atomic E-state index is 14.4. The monoisotopic (exact) mass is 914 g/mol. The zero-order valence-electron chi connectivity index (χ0n) is 40.7. The SMILES string of the molecule is CCCN[C@H]1[C@@H](C)O[C@H](O[C@H]2[C@H](C)O[C@@H](O[C@@H]3/C(C)=C/C[C@@H]4C[C@@H](C[C@]5(C=C[C@H](C)[C@@H]([C@@H](C)CC)O5)O4)OC(=O)[C@@H]4C=C(C)[C@@H](O)[C@H]5OC/C(=C\C=C\[C@@H]3C)[C@]54O)C[C@@H]2OC)C[C@H]1OC. The van der Waals surface area contributed by atoms with Crippen LogP contribution in [0.1, 0.15) is 107 Å². The van der Waals surface area contributed by atoms with Gasteiger partial charge in [0.2, 0.25) is 0 Å². The second kappa shape index (κ2) is 21.5. The summed E-state index contributed by atoms with van der Waals surface area (Å²) in [7, 11) is 3.43. The highest BCUT2D eigenvalue weighted by atomic mass is 16.7. The molecule has 4 saturated heterocycles. The number of nitrogens with one attached hydrogen (secondary N) is 1. The molecule has 7 aliphatic rings. The number of carbonyl (C=O) groups excluding carboxylic acids is 1. The average molecular weight is 914 g/mol. The van der Waals surface area contributed by atoms with Crippen LogP contribution < -0.4 is 5.32 Å². The fourth-order valence-electron chi connectivity index (χ4n) is 11.2. The minimum absolute atomic E-state index is 0.0414. The number of aliphatic hydroxyl groups is 2. The van der Waals surface area contributed by atoms with Gasteiger partial charge in [0.1, 0.15) is 35.9 Å². The summed E-state index contributed by atoms with van der Waals surface area (Å²) in [6.45, 7) is 19.5. The molecule has 0 unspecified atom stereocenters. The van der Waals surface area contributed by atoms with E-state index >= 15 is 0 Å². The molecule has 0 amide bonds. The van der Waals surface area contributed by atoms with E-state index in [1.807, 2.05) is 25.2 Å². The molecule has 0 saturated carbocycles. The Bertz CT molecular complexity index is 1780. The molecule has 6 heterocycles. The van der Waals surface area contributed by atoms with Gasteiger partial charge in [0.05, 0.1) is 55.4 Å². The van der Waals surface area contributed by atoms with E-state index in [-0.39, 0.29) is 67.0 Å². The summed E-state index contributed by atoms with van der Waals surface area (Å²) < 4.78 is 65.0. The normalized spacial score (nSPS) is 47.4. The fourth-order valence-corrected chi connectivity index (χ4v) is 11.2. The van der Waals surface area contributed by atoms with Gasteiger partial charge in [-0.1, -0.05) is 77.5 Å². The van der Waals surface area contributed by atoms with Crippen molar-refractivity contribution in [1.82, 2.24) is 5.32 Å². The van der Waals surface area contributed by atoms with Gasteiger partial charge in [0.25, 0.3) is 0 Å². The van der Waals surface area contributed by atoms with Crippen LogP contribution in [0.15, 0.2) is 59.3 Å². The first-order valence-corrected chi connectivity index (χ1v) is 24.5. The van der Waals surface area contributed by atoms with E-state index in [1.54, 1.807) is 33.3 Å². The maximum atomic E-state index is 14.4. The lowest BCUT2D eigenvalue weighted by Gasteiger charge is -2.48. The van der Waals surface area contributed by atoms with E-state index in [1.165, 1.54) is 0 Å². The van der Waals surface area contributed by atoms with Gasteiger partial charge < -0.3 is 62.9 Å². The van der Waals surface area contributed by atoms with Crippen LogP contribution in [-0.2, 0) is 52.2 Å². The van der Waals surface area contributed by atoms with Gasteiger partial charge in [-0.25, -0.2) is 0 Å². The zero-order valence-corrected chi connectivity index (χ0v) is 40.7. The molecule has 366 valence electrons. The van der Waals surface area contributed by atoms with E-state index in [0.29, 0.717) is 43.3 Å². The number of ether oxygens (including phenoxy) is 10. The topological polar surface area (TPSA) is 162 Å². The molecule has 14 heteroatoms. The fraction of sp³-hybridized carbons (Fsp3) is 0.784. The number of carbonyl (C=O) groups is 1. The van der Waals surface area contributed by atoms with Crippen LogP contribution in [0.2, 0.25) is 0 Å². The molecule has 0 aromatic heterocycles. The number of methoxy groups -OCH3 is 2. The molecule has 0 aromatic carbocycles. The van der Waals surface area contributed by atoms with Crippen molar-refractivity contribution in [3.63, 3.8) is 0 Å². The molecule has 0 radical (unpaired) electrons. The van der Waals surface area contributed by atoms with Gasteiger partial charge in [-0.2, -0.15) is 0 Å². The Morgan fingerprint density at radius 1 is 0.908 bits per heavy atom. The summed E-state index contributed by atoms with van der Waals surface area (Å²) in [5, 5.41) is 27.4. The van der Waals surface area contributed by atoms with E-state index in [9.17, 15) is 15.0 Å². The molecule has 1 spiro atoms. The number of esters is 1. The van der Waals surface area contributed by atoms with Gasteiger partial charge in [-0.3, -0.25) is 4.79 Å². The molecule has 1 aliphatic carbocycles. The van der Waals surface area contributed by atoms with Crippen molar-refractivity contribution in [1.29, 1.82) is 0 Å². The summed E-state index contributed by atoms with van der Waals surface area (Å²) in [4.78, 5) is 14.4. The van der Waals surface area contributed by atoms with Gasteiger partial charge in [0.15, 0.2) is 18.4 Å². The predicted octanol–water partition coefficient (Wildman–Crippen LogP) is 6.38. The molecule has 7 rings (SSSR count). The van der Waals surface area contributed by atoms with E-state index in [0.717, 1.165) is 25.0 Å². The van der Waals surface area contributed by atoms with E-state index in [4.69, 9.17) is 47.4 Å². The molecule has 2 bridgehead atoms. The lowest BCUT2D eigenvalue weighted by Crippen LogP contribution is -2.58. The van der Waals surface area contributed by atoms with Crippen molar-refractivity contribution < 1.29 is 62.4 Å². The minimum atomic E-state index is -1.83. The van der Waals surface area contributed by atoms with Gasteiger partial charge in [0, 0.05) is 51.7 Å². The predicted molar refractivity (Wildman–Crippen MR) is 243 cm³/mol. The Hall–Kier alpha value is -2.31. The molecular formula is C51H79NO13. The smallest absolute Gasteiger partial charge is 0.316 e. The number of rotatable bonds is 11. The van der Waals surface area contributed by atoms with Crippen molar-refractivity contribution in [3.8, 4) is 0 Å². The highest BCUT2D eigenvalue weighted by Crippen LogP contribution is 2.47. The third-order valence-electron chi connectivity index (χ3n) is 15.2. The quantitative estimate of drug-likeness (QED) is 0.155. The maximum Gasteiger partial charge on any atom is 0.316 e. The molecule has 6 aliphatic heterocycles. The number of hydrogen-bond donors (Lipinski definition) is 3. The highest BCUT2D eigenvalue weighted by molar-refractivity contribution is 5.78. The summed E-state index contributed by atoms with van der Waals surface area (Å²) in [6, 6.07) is 0.0627. The van der Waals surface area contributed by atoms with E-state index in [2.05, 4.69) is 65.9 Å². The van der Waals surface area contributed by atoms with Crippen LogP contribution in [-0.4, -0.2) is 141 Å². The Morgan fingerprint density at radius 2 is 1.63 bits per heavy atom.